The standard InChI is InChI=1S/C41H47ClN8O4/c1-47-24-29(21-30(25-47)45-34-23-44-48(2)40(54)36(34)42)26-3-5-27(6-4-26)39(53)50-19-14-41(15-20-50)12-17-49(18-13-41)31-7-8-32-28(22-31)11-16-43-37(32)33-9-10-35(51)46-38(33)52/h3-8,11,16,22-23,29-30,33,45H,9-10,12-15,17-21,24-25H2,1-2H3,(H,46,51,52). The molecule has 4 aliphatic rings. The highest BCUT2D eigenvalue weighted by molar-refractivity contribution is 6.32. The van der Waals surface area contributed by atoms with E-state index in [9.17, 15) is 19.2 Å². The minimum Gasteiger partial charge on any atom is -0.378 e. The molecule has 4 aliphatic heterocycles. The van der Waals surface area contributed by atoms with E-state index >= 15 is 0 Å². The smallest absolute Gasteiger partial charge is 0.287 e. The number of aryl methyl sites for hydroxylation is 1. The summed E-state index contributed by atoms with van der Waals surface area (Å²) in [6, 6.07) is 16.6. The molecule has 2 aromatic carbocycles. The summed E-state index contributed by atoms with van der Waals surface area (Å²) >= 11 is 6.33. The van der Waals surface area contributed by atoms with Gasteiger partial charge < -0.3 is 20.0 Å². The van der Waals surface area contributed by atoms with Crippen LogP contribution in [-0.4, -0.2) is 94.6 Å². The number of likely N-dealkylation sites (tertiary alicyclic amines) is 2. The van der Waals surface area contributed by atoms with Crippen molar-refractivity contribution in [1.82, 2.24) is 29.9 Å². The highest BCUT2D eigenvalue weighted by Crippen LogP contribution is 2.43. The van der Waals surface area contributed by atoms with Crippen molar-refractivity contribution in [3.05, 3.63) is 93.1 Å². The number of carbonyl (C=O) groups is 3. The molecule has 4 fully saturated rings. The third kappa shape index (κ3) is 7.21. The zero-order valence-electron chi connectivity index (χ0n) is 30.9. The van der Waals surface area contributed by atoms with Crippen LogP contribution in [0.4, 0.5) is 11.4 Å². The van der Waals surface area contributed by atoms with Crippen molar-refractivity contribution < 1.29 is 14.4 Å². The SMILES string of the molecule is CN1CC(Nc2cnn(C)c(=O)c2Cl)CC(c2ccc(C(=O)N3CCC4(CC3)CCN(c3ccc5c(C6CCC(=O)NC6=O)nccc5c3)CC4)cc2)C1. The van der Waals surface area contributed by atoms with E-state index in [0.717, 1.165) is 93.4 Å². The maximum Gasteiger partial charge on any atom is 0.287 e. The summed E-state index contributed by atoms with van der Waals surface area (Å²) in [6.45, 7) is 5.20. The Balaban J connectivity index is 0.850. The summed E-state index contributed by atoms with van der Waals surface area (Å²) in [5.41, 5.74) is 4.32. The number of hydrogen-bond acceptors (Lipinski definition) is 9. The number of carbonyl (C=O) groups excluding carboxylic acids is 3. The van der Waals surface area contributed by atoms with E-state index < -0.39 is 5.92 Å². The number of piperidine rings is 4. The van der Waals surface area contributed by atoms with E-state index in [1.807, 2.05) is 23.1 Å². The number of imide groups is 1. The van der Waals surface area contributed by atoms with Crippen molar-refractivity contribution in [3.63, 3.8) is 0 Å². The van der Waals surface area contributed by atoms with Gasteiger partial charge in [-0.05, 0) is 98.2 Å². The maximum atomic E-state index is 13.7. The van der Waals surface area contributed by atoms with Crippen LogP contribution in [0.3, 0.4) is 0 Å². The fraction of sp³-hybridized carbons (Fsp3) is 0.463. The van der Waals surface area contributed by atoms with Gasteiger partial charge in [-0.1, -0.05) is 29.8 Å². The van der Waals surface area contributed by atoms with Crippen LogP contribution in [0.2, 0.25) is 5.02 Å². The third-order valence-corrected chi connectivity index (χ3v) is 12.7. The van der Waals surface area contributed by atoms with Crippen LogP contribution in [0.15, 0.2) is 65.7 Å². The molecule has 0 saturated carbocycles. The van der Waals surface area contributed by atoms with Gasteiger partial charge in [0.2, 0.25) is 11.8 Å². The Labute approximate surface area is 319 Å². The van der Waals surface area contributed by atoms with Crippen molar-refractivity contribution in [3.8, 4) is 0 Å². The summed E-state index contributed by atoms with van der Waals surface area (Å²) in [5, 5.41) is 12.2. The predicted molar refractivity (Wildman–Crippen MR) is 209 cm³/mol. The van der Waals surface area contributed by atoms with E-state index in [-0.39, 0.29) is 45.7 Å². The third-order valence-electron chi connectivity index (χ3n) is 12.3. The van der Waals surface area contributed by atoms with Crippen molar-refractivity contribution in [2.45, 2.75) is 62.8 Å². The number of nitrogens with one attached hydrogen (secondary N) is 2. The van der Waals surface area contributed by atoms with Crippen LogP contribution in [0.25, 0.3) is 10.8 Å². The molecule has 3 amide bonds. The Morgan fingerprint density at radius 2 is 1.69 bits per heavy atom. The molecule has 3 unspecified atom stereocenters. The van der Waals surface area contributed by atoms with Crippen LogP contribution in [0.1, 0.15) is 78.4 Å². The molecule has 0 bridgehead atoms. The predicted octanol–water partition coefficient (Wildman–Crippen LogP) is 4.92. The first-order valence-electron chi connectivity index (χ1n) is 19.1. The van der Waals surface area contributed by atoms with Gasteiger partial charge in [-0.3, -0.25) is 29.5 Å². The molecule has 8 rings (SSSR count). The Bertz CT molecular complexity index is 2140. The number of benzene rings is 2. The van der Waals surface area contributed by atoms with Gasteiger partial charge in [0.15, 0.2) is 0 Å². The highest BCUT2D eigenvalue weighted by atomic mass is 35.5. The zero-order valence-corrected chi connectivity index (χ0v) is 31.6. The number of rotatable bonds is 6. The fourth-order valence-electron chi connectivity index (χ4n) is 9.12. The molecule has 54 heavy (non-hydrogen) atoms. The molecule has 282 valence electrons. The quantitative estimate of drug-likeness (QED) is 0.264. The van der Waals surface area contributed by atoms with Gasteiger partial charge in [-0.2, -0.15) is 5.10 Å². The number of anilines is 2. The number of aromatic nitrogens is 3. The summed E-state index contributed by atoms with van der Waals surface area (Å²) in [7, 11) is 3.68. The Morgan fingerprint density at radius 3 is 2.43 bits per heavy atom. The molecule has 1 spiro atoms. The largest absolute Gasteiger partial charge is 0.378 e. The summed E-state index contributed by atoms with van der Waals surface area (Å²) in [6.07, 6.45) is 9.26. The summed E-state index contributed by atoms with van der Waals surface area (Å²) in [5.74, 6) is -0.528. The van der Waals surface area contributed by atoms with E-state index in [0.29, 0.717) is 18.5 Å². The molecular formula is C41H47ClN8O4. The normalized spacial score (nSPS) is 23.4. The maximum absolute atomic E-state index is 13.7. The first-order valence-corrected chi connectivity index (χ1v) is 19.5. The number of amides is 3. The molecular weight excluding hydrogens is 704 g/mol. The molecule has 13 heteroatoms. The lowest BCUT2D eigenvalue weighted by molar-refractivity contribution is -0.134. The van der Waals surface area contributed by atoms with Gasteiger partial charge in [0.1, 0.15) is 5.02 Å². The van der Waals surface area contributed by atoms with Crippen molar-refractivity contribution in [2.75, 3.05) is 56.5 Å². The number of halogens is 1. The molecule has 4 saturated heterocycles. The van der Waals surface area contributed by atoms with Crippen LogP contribution in [0, 0.1) is 5.41 Å². The number of likely N-dealkylation sites (N-methyl/N-ethyl adjacent to an activating group) is 1. The summed E-state index contributed by atoms with van der Waals surface area (Å²) < 4.78 is 1.23. The van der Waals surface area contributed by atoms with Crippen LogP contribution in [-0.2, 0) is 16.6 Å². The number of nitrogens with zero attached hydrogens (tertiary/aromatic N) is 6. The van der Waals surface area contributed by atoms with Gasteiger partial charge in [-0.15, -0.1) is 0 Å². The molecule has 12 nitrogen and oxygen atoms in total. The van der Waals surface area contributed by atoms with Gasteiger partial charge in [0.05, 0.1) is 23.5 Å². The first kappa shape index (κ1) is 36.2. The fourth-order valence-corrected chi connectivity index (χ4v) is 9.34. The van der Waals surface area contributed by atoms with Crippen LogP contribution in [0.5, 0.6) is 0 Å². The molecule has 6 heterocycles. The van der Waals surface area contributed by atoms with Gasteiger partial charge in [-0.25, -0.2) is 4.68 Å². The minimum absolute atomic E-state index is 0.0965. The lowest BCUT2D eigenvalue weighted by Crippen LogP contribution is -2.48. The molecule has 2 N–H and O–H groups in total. The Kier molecular flexibility index (Phi) is 9.91. The van der Waals surface area contributed by atoms with Crippen LogP contribution >= 0.6 is 11.6 Å². The second kappa shape index (κ2) is 14.8. The monoisotopic (exact) mass is 750 g/mol. The van der Waals surface area contributed by atoms with E-state index in [2.05, 4.69) is 67.9 Å². The zero-order chi connectivity index (χ0) is 37.6. The second-order valence-electron chi connectivity index (χ2n) is 15.8. The molecule has 4 aromatic rings. The lowest BCUT2D eigenvalue weighted by atomic mass is 9.71. The molecule has 0 aliphatic carbocycles. The topological polar surface area (TPSA) is 133 Å². The van der Waals surface area contributed by atoms with Crippen molar-refractivity contribution in [2.24, 2.45) is 12.5 Å². The molecule has 0 radical (unpaired) electrons. The summed E-state index contributed by atoms with van der Waals surface area (Å²) in [4.78, 5) is 61.5. The average molecular weight is 751 g/mol. The minimum atomic E-state index is -0.413. The Hall–Kier alpha value is -4.81. The second-order valence-corrected chi connectivity index (χ2v) is 16.2. The average Bonchev–Trinajstić information content (AvgIpc) is 3.18. The number of fused-ring (bicyclic) bond motifs is 1. The molecule has 3 atom stereocenters. The Morgan fingerprint density at radius 1 is 0.944 bits per heavy atom. The highest BCUT2D eigenvalue weighted by Gasteiger charge is 2.39. The molecule has 2 aromatic heterocycles. The van der Waals surface area contributed by atoms with Gasteiger partial charge in [0, 0.05) is 81.6 Å². The number of pyridine rings is 1. The van der Waals surface area contributed by atoms with Crippen molar-refractivity contribution in [1.29, 1.82) is 0 Å². The van der Waals surface area contributed by atoms with Gasteiger partial charge in [0.25, 0.3) is 11.5 Å². The van der Waals surface area contributed by atoms with Gasteiger partial charge >= 0.3 is 0 Å². The van der Waals surface area contributed by atoms with E-state index in [4.69, 9.17) is 11.6 Å². The lowest BCUT2D eigenvalue weighted by Gasteiger charge is -2.47. The number of hydrogen-bond donors (Lipinski definition) is 2. The van der Waals surface area contributed by atoms with E-state index in [1.165, 1.54) is 15.9 Å². The first-order chi connectivity index (χ1) is 26.1. The van der Waals surface area contributed by atoms with E-state index in [1.54, 1.807) is 19.4 Å². The van der Waals surface area contributed by atoms with Crippen LogP contribution < -0.4 is 21.1 Å². The van der Waals surface area contributed by atoms with Crippen molar-refractivity contribution >= 4 is 51.5 Å².